The molecule has 166 valence electrons. The third-order valence-electron chi connectivity index (χ3n) is 5.27. The summed E-state index contributed by atoms with van der Waals surface area (Å²) in [6.07, 6.45) is -0.396. The van der Waals surface area contributed by atoms with E-state index >= 15 is 0 Å². The van der Waals surface area contributed by atoms with Gasteiger partial charge in [-0.15, -0.1) is 0 Å². The fourth-order valence-corrected chi connectivity index (χ4v) is 5.47. The van der Waals surface area contributed by atoms with Crippen LogP contribution in [0.5, 0.6) is 5.75 Å². The lowest BCUT2D eigenvalue weighted by atomic mass is 10.0. The summed E-state index contributed by atoms with van der Waals surface area (Å²) in [5.41, 5.74) is 1.87. The average molecular weight is 452 g/mol. The summed E-state index contributed by atoms with van der Waals surface area (Å²) in [4.78, 5) is 13.0. The van der Waals surface area contributed by atoms with Crippen LogP contribution in [-0.2, 0) is 14.8 Å². The van der Waals surface area contributed by atoms with Crippen molar-refractivity contribution in [2.24, 2.45) is 0 Å². The minimum absolute atomic E-state index is 0.0598. The number of carbonyl (C=O) groups is 1. The van der Waals surface area contributed by atoms with Crippen molar-refractivity contribution in [2.75, 3.05) is 13.1 Å². The normalized spacial score (nSPS) is 19.4. The van der Waals surface area contributed by atoms with Gasteiger partial charge in [0.2, 0.25) is 10.0 Å². The third kappa shape index (κ3) is 4.75. The van der Waals surface area contributed by atoms with Crippen LogP contribution in [0.3, 0.4) is 0 Å². The predicted molar refractivity (Wildman–Crippen MR) is 122 cm³/mol. The van der Waals surface area contributed by atoms with Crippen molar-refractivity contribution in [3.63, 3.8) is 0 Å². The highest BCUT2D eigenvalue weighted by molar-refractivity contribution is 7.89. The molecule has 0 N–H and O–H groups in total. The summed E-state index contributed by atoms with van der Waals surface area (Å²) < 4.78 is 39.1. The maximum Gasteiger partial charge on any atom is 0.343 e. The van der Waals surface area contributed by atoms with Crippen LogP contribution in [0.2, 0.25) is 0 Å². The minimum Gasteiger partial charge on any atom is -0.422 e. The summed E-state index contributed by atoms with van der Waals surface area (Å²) in [6.45, 7) is 4.23. The number of rotatable bonds is 5. The monoisotopic (exact) mass is 451 g/mol. The van der Waals surface area contributed by atoms with Crippen LogP contribution in [0.4, 0.5) is 0 Å². The lowest BCUT2D eigenvalue weighted by Gasteiger charge is -2.34. The number of ether oxygens (including phenoxy) is 2. The summed E-state index contributed by atoms with van der Waals surface area (Å²) >= 11 is 0. The van der Waals surface area contributed by atoms with Gasteiger partial charge in [-0.25, -0.2) is 13.2 Å². The zero-order valence-corrected chi connectivity index (χ0v) is 18.8. The number of nitrogens with zero attached hydrogens (tertiary/aromatic N) is 1. The largest absolute Gasteiger partial charge is 0.422 e. The maximum absolute atomic E-state index is 13.2. The first-order chi connectivity index (χ1) is 15.3. The van der Waals surface area contributed by atoms with Crippen LogP contribution >= 0.6 is 0 Å². The molecular weight excluding hydrogens is 426 g/mol. The highest BCUT2D eigenvalue weighted by atomic mass is 32.2. The topological polar surface area (TPSA) is 72.9 Å². The molecule has 1 saturated heterocycles. The lowest BCUT2D eigenvalue weighted by molar-refractivity contribution is -0.0440. The summed E-state index contributed by atoms with van der Waals surface area (Å²) in [5, 5.41) is 0. The Morgan fingerprint density at radius 1 is 0.906 bits per heavy atom. The molecule has 2 atom stereocenters. The molecule has 1 heterocycles. The number of hydrogen-bond acceptors (Lipinski definition) is 5. The molecule has 1 aliphatic rings. The van der Waals surface area contributed by atoms with Crippen LogP contribution in [0.1, 0.15) is 24.2 Å². The second-order valence-electron chi connectivity index (χ2n) is 7.86. The van der Waals surface area contributed by atoms with E-state index in [1.807, 2.05) is 56.3 Å². The van der Waals surface area contributed by atoms with E-state index in [0.29, 0.717) is 5.75 Å². The third-order valence-corrected chi connectivity index (χ3v) is 7.10. The molecule has 1 aliphatic heterocycles. The molecule has 0 bridgehead atoms. The Morgan fingerprint density at radius 2 is 1.56 bits per heavy atom. The zero-order chi connectivity index (χ0) is 22.7. The van der Waals surface area contributed by atoms with Crippen LogP contribution in [0.25, 0.3) is 11.1 Å². The van der Waals surface area contributed by atoms with Crippen LogP contribution in [0, 0.1) is 0 Å². The quantitative estimate of drug-likeness (QED) is 0.425. The molecule has 0 amide bonds. The zero-order valence-electron chi connectivity index (χ0n) is 18.0. The van der Waals surface area contributed by atoms with Gasteiger partial charge in [0, 0.05) is 18.7 Å². The molecule has 6 nitrogen and oxygen atoms in total. The van der Waals surface area contributed by atoms with Crippen molar-refractivity contribution in [3.05, 3.63) is 84.4 Å². The Balaban J connectivity index is 1.59. The van der Waals surface area contributed by atoms with E-state index < -0.39 is 16.0 Å². The van der Waals surface area contributed by atoms with Crippen LogP contribution < -0.4 is 4.74 Å². The Hall–Kier alpha value is -3.00. The van der Waals surface area contributed by atoms with Gasteiger partial charge in [-0.1, -0.05) is 54.6 Å². The van der Waals surface area contributed by atoms with E-state index in [1.54, 1.807) is 24.3 Å². The van der Waals surface area contributed by atoms with Gasteiger partial charge in [0.1, 0.15) is 5.75 Å². The number of carbonyl (C=O) groups excluding carboxylic acids is 1. The Morgan fingerprint density at radius 3 is 2.28 bits per heavy atom. The molecule has 3 aromatic carbocycles. The van der Waals surface area contributed by atoms with Crippen molar-refractivity contribution in [2.45, 2.75) is 31.0 Å². The van der Waals surface area contributed by atoms with Crippen molar-refractivity contribution in [3.8, 4) is 16.9 Å². The van der Waals surface area contributed by atoms with E-state index in [0.717, 1.165) is 11.1 Å². The van der Waals surface area contributed by atoms with Gasteiger partial charge in [0.05, 0.1) is 22.7 Å². The Kier molecular flexibility index (Phi) is 6.41. The van der Waals surface area contributed by atoms with Crippen molar-refractivity contribution in [1.82, 2.24) is 4.31 Å². The molecule has 3 aromatic rings. The molecule has 1 fully saturated rings. The van der Waals surface area contributed by atoms with Crippen molar-refractivity contribution < 1.29 is 22.7 Å². The molecule has 0 saturated carbocycles. The maximum atomic E-state index is 13.2. The molecule has 0 radical (unpaired) electrons. The second-order valence-corrected chi connectivity index (χ2v) is 9.80. The number of para-hydroxylation sites is 1. The van der Waals surface area contributed by atoms with E-state index in [4.69, 9.17) is 9.47 Å². The average Bonchev–Trinajstić information content (AvgIpc) is 2.79. The van der Waals surface area contributed by atoms with E-state index in [9.17, 15) is 13.2 Å². The smallest absolute Gasteiger partial charge is 0.343 e. The fourth-order valence-electron chi connectivity index (χ4n) is 3.83. The predicted octanol–water partition coefficient (Wildman–Crippen LogP) is 4.37. The molecule has 7 heteroatoms. The van der Waals surface area contributed by atoms with E-state index in [1.165, 1.54) is 16.4 Å². The first kappa shape index (κ1) is 22.2. The SMILES string of the molecule is C[C@@H]1CN(S(=O)(=O)c2cccc(C(=O)Oc3ccccc3-c3ccccc3)c2)C[C@@H](C)O1. The van der Waals surface area contributed by atoms with E-state index in [-0.39, 0.29) is 35.8 Å². The summed E-state index contributed by atoms with van der Waals surface area (Å²) in [7, 11) is -3.76. The molecule has 0 spiro atoms. The number of hydrogen-bond donors (Lipinski definition) is 0. The molecule has 32 heavy (non-hydrogen) atoms. The highest BCUT2D eigenvalue weighted by Gasteiger charge is 2.32. The first-order valence-corrected chi connectivity index (χ1v) is 11.9. The molecule has 4 rings (SSSR count). The van der Waals surface area contributed by atoms with Crippen molar-refractivity contribution in [1.29, 1.82) is 0 Å². The van der Waals surface area contributed by atoms with Gasteiger partial charge in [0.25, 0.3) is 0 Å². The van der Waals surface area contributed by atoms with Gasteiger partial charge in [0.15, 0.2) is 0 Å². The summed E-state index contributed by atoms with van der Waals surface area (Å²) in [6, 6.07) is 22.8. The second kappa shape index (κ2) is 9.24. The number of sulfonamides is 1. The molecular formula is C25H25NO5S. The lowest BCUT2D eigenvalue weighted by Crippen LogP contribution is -2.48. The number of morpholine rings is 1. The van der Waals surface area contributed by atoms with Crippen LogP contribution in [0.15, 0.2) is 83.8 Å². The van der Waals surface area contributed by atoms with Gasteiger partial charge < -0.3 is 9.47 Å². The molecule has 0 aliphatic carbocycles. The van der Waals surface area contributed by atoms with Gasteiger partial charge in [-0.2, -0.15) is 4.31 Å². The van der Waals surface area contributed by atoms with Gasteiger partial charge >= 0.3 is 5.97 Å². The fraction of sp³-hybridized carbons (Fsp3) is 0.240. The van der Waals surface area contributed by atoms with Crippen LogP contribution in [-0.4, -0.2) is 44.0 Å². The Bertz CT molecular complexity index is 1200. The number of esters is 1. The molecule has 0 unspecified atom stereocenters. The number of benzene rings is 3. The van der Waals surface area contributed by atoms with Gasteiger partial charge in [-0.05, 0) is 43.7 Å². The van der Waals surface area contributed by atoms with Crippen molar-refractivity contribution >= 4 is 16.0 Å². The van der Waals surface area contributed by atoms with Gasteiger partial charge in [-0.3, -0.25) is 0 Å². The minimum atomic E-state index is -3.76. The summed E-state index contributed by atoms with van der Waals surface area (Å²) in [5.74, 6) is -0.207. The standard InChI is InChI=1S/C25H25NO5S/c1-18-16-26(17-19(2)30-18)32(28,29)22-12-8-11-21(15-22)25(27)31-24-14-7-6-13-23(24)20-9-4-3-5-10-20/h3-15,18-19H,16-17H2,1-2H3/t18-,19-/m1/s1. The first-order valence-electron chi connectivity index (χ1n) is 10.5. The van der Waals surface area contributed by atoms with E-state index in [2.05, 4.69) is 0 Å². The molecule has 0 aromatic heterocycles. The highest BCUT2D eigenvalue weighted by Crippen LogP contribution is 2.30. The Labute approximate surface area is 188 Å².